The molecule has 122 valence electrons. The monoisotopic (exact) mass is 306 g/mol. The van der Waals surface area contributed by atoms with E-state index in [0.29, 0.717) is 6.61 Å². The molecule has 0 aromatic carbocycles. The van der Waals surface area contributed by atoms with Crippen LogP contribution in [-0.2, 0) is 22.6 Å². The van der Waals surface area contributed by atoms with Crippen molar-refractivity contribution in [2.24, 2.45) is 5.92 Å². The molecule has 3 rings (SSSR count). The van der Waals surface area contributed by atoms with E-state index in [2.05, 4.69) is 21.4 Å². The summed E-state index contributed by atoms with van der Waals surface area (Å²) in [6.45, 7) is 8.94. The number of hydrogen-bond acceptors (Lipinski definition) is 4. The zero-order chi connectivity index (χ0) is 15.4. The van der Waals surface area contributed by atoms with Gasteiger partial charge in [0.1, 0.15) is 5.82 Å². The Morgan fingerprint density at radius 2 is 2.27 bits per heavy atom. The van der Waals surface area contributed by atoms with Crippen molar-refractivity contribution in [1.82, 2.24) is 19.4 Å². The first-order valence-corrected chi connectivity index (χ1v) is 8.37. The average molecular weight is 306 g/mol. The molecule has 2 saturated heterocycles. The molecule has 2 aliphatic rings. The Balaban J connectivity index is 1.54. The maximum atomic E-state index is 12.5. The number of rotatable bonds is 4. The second kappa shape index (κ2) is 7.24. The number of imidazole rings is 1. The highest BCUT2D eigenvalue weighted by atomic mass is 16.5. The van der Waals surface area contributed by atoms with E-state index in [1.165, 1.54) is 0 Å². The summed E-state index contributed by atoms with van der Waals surface area (Å²) in [6.07, 6.45) is 5.81. The molecule has 0 N–H and O–H groups in total. The van der Waals surface area contributed by atoms with Crippen molar-refractivity contribution in [3.63, 3.8) is 0 Å². The molecule has 1 unspecified atom stereocenters. The van der Waals surface area contributed by atoms with Crippen LogP contribution in [0.1, 0.15) is 25.6 Å². The SMILES string of the molecule is CCn1ccnc1CN1CCCN(C(=O)C2CCOC2)CC1. The third-order valence-electron chi connectivity index (χ3n) is 4.69. The minimum atomic E-state index is 0.0885. The van der Waals surface area contributed by atoms with Crippen molar-refractivity contribution >= 4 is 5.91 Å². The lowest BCUT2D eigenvalue weighted by Gasteiger charge is -2.24. The van der Waals surface area contributed by atoms with Gasteiger partial charge in [-0.1, -0.05) is 0 Å². The topological polar surface area (TPSA) is 50.6 Å². The number of hydrogen-bond donors (Lipinski definition) is 0. The largest absolute Gasteiger partial charge is 0.381 e. The molecule has 0 radical (unpaired) electrons. The molecule has 1 atom stereocenters. The predicted molar refractivity (Wildman–Crippen MR) is 83.3 cm³/mol. The van der Waals surface area contributed by atoms with Gasteiger partial charge < -0.3 is 14.2 Å². The molecule has 1 amide bonds. The Morgan fingerprint density at radius 3 is 3.05 bits per heavy atom. The van der Waals surface area contributed by atoms with Crippen LogP contribution in [-0.4, -0.2) is 64.7 Å². The summed E-state index contributed by atoms with van der Waals surface area (Å²) in [7, 11) is 0. The molecule has 2 fully saturated rings. The van der Waals surface area contributed by atoms with Gasteiger partial charge in [-0.2, -0.15) is 0 Å². The Labute approximate surface area is 132 Å². The number of nitrogens with zero attached hydrogens (tertiary/aromatic N) is 4. The summed E-state index contributed by atoms with van der Waals surface area (Å²) < 4.78 is 7.53. The second-order valence-corrected chi connectivity index (χ2v) is 6.14. The molecular weight excluding hydrogens is 280 g/mol. The predicted octanol–water partition coefficient (Wildman–Crippen LogP) is 0.974. The van der Waals surface area contributed by atoms with Gasteiger partial charge in [0, 0.05) is 51.7 Å². The van der Waals surface area contributed by atoms with Gasteiger partial charge in [-0.05, 0) is 19.8 Å². The van der Waals surface area contributed by atoms with Gasteiger partial charge in [-0.15, -0.1) is 0 Å². The van der Waals surface area contributed by atoms with Gasteiger partial charge in [0.25, 0.3) is 0 Å². The standard InChI is InChI=1S/C16H26N4O2/c1-2-19-8-5-17-15(19)12-18-6-3-7-20(10-9-18)16(21)14-4-11-22-13-14/h5,8,14H,2-4,6-7,9-13H2,1H3. The Morgan fingerprint density at radius 1 is 1.36 bits per heavy atom. The van der Waals surface area contributed by atoms with Crippen LogP contribution in [0.3, 0.4) is 0 Å². The van der Waals surface area contributed by atoms with Crippen molar-refractivity contribution in [2.45, 2.75) is 32.9 Å². The van der Waals surface area contributed by atoms with Gasteiger partial charge in [0.05, 0.1) is 19.1 Å². The van der Waals surface area contributed by atoms with Gasteiger partial charge >= 0.3 is 0 Å². The summed E-state index contributed by atoms with van der Waals surface area (Å²) in [6, 6.07) is 0. The van der Waals surface area contributed by atoms with E-state index >= 15 is 0 Å². The summed E-state index contributed by atoms with van der Waals surface area (Å²) in [5.41, 5.74) is 0. The van der Waals surface area contributed by atoms with E-state index in [0.717, 1.165) is 64.5 Å². The molecule has 2 aliphatic heterocycles. The van der Waals surface area contributed by atoms with Crippen molar-refractivity contribution < 1.29 is 9.53 Å². The van der Waals surface area contributed by atoms with Crippen molar-refractivity contribution in [1.29, 1.82) is 0 Å². The number of aryl methyl sites for hydroxylation is 1. The fourth-order valence-electron chi connectivity index (χ4n) is 3.32. The number of amides is 1. The third-order valence-corrected chi connectivity index (χ3v) is 4.69. The van der Waals surface area contributed by atoms with E-state index in [9.17, 15) is 4.79 Å². The van der Waals surface area contributed by atoms with Gasteiger partial charge in [0.2, 0.25) is 5.91 Å². The van der Waals surface area contributed by atoms with E-state index in [1.54, 1.807) is 0 Å². The van der Waals surface area contributed by atoms with Crippen LogP contribution >= 0.6 is 0 Å². The lowest BCUT2D eigenvalue weighted by atomic mass is 10.1. The molecule has 3 heterocycles. The number of aromatic nitrogens is 2. The van der Waals surface area contributed by atoms with E-state index in [-0.39, 0.29) is 11.8 Å². The fraction of sp³-hybridized carbons (Fsp3) is 0.750. The van der Waals surface area contributed by atoms with Crippen LogP contribution < -0.4 is 0 Å². The first kappa shape index (κ1) is 15.5. The van der Waals surface area contributed by atoms with E-state index < -0.39 is 0 Å². The van der Waals surface area contributed by atoms with Crippen LogP contribution in [0.2, 0.25) is 0 Å². The van der Waals surface area contributed by atoms with Crippen LogP contribution in [0.25, 0.3) is 0 Å². The molecule has 0 saturated carbocycles. The molecule has 0 bridgehead atoms. The highest BCUT2D eigenvalue weighted by molar-refractivity contribution is 5.79. The molecule has 1 aromatic rings. The molecule has 0 spiro atoms. The quantitative estimate of drug-likeness (QED) is 0.832. The third kappa shape index (κ3) is 3.50. The van der Waals surface area contributed by atoms with Crippen LogP contribution in [0.5, 0.6) is 0 Å². The van der Waals surface area contributed by atoms with Gasteiger partial charge in [-0.3, -0.25) is 9.69 Å². The minimum absolute atomic E-state index is 0.0885. The summed E-state index contributed by atoms with van der Waals surface area (Å²) in [4.78, 5) is 21.4. The van der Waals surface area contributed by atoms with Crippen molar-refractivity contribution in [3.8, 4) is 0 Å². The molecule has 22 heavy (non-hydrogen) atoms. The average Bonchev–Trinajstić information content (AvgIpc) is 3.15. The summed E-state index contributed by atoms with van der Waals surface area (Å²) in [5, 5.41) is 0. The van der Waals surface area contributed by atoms with Crippen molar-refractivity contribution in [3.05, 3.63) is 18.2 Å². The zero-order valence-electron chi connectivity index (χ0n) is 13.4. The maximum Gasteiger partial charge on any atom is 0.228 e. The normalized spacial score (nSPS) is 23.7. The maximum absolute atomic E-state index is 12.5. The molecule has 6 heteroatoms. The fourth-order valence-corrected chi connectivity index (χ4v) is 3.32. The van der Waals surface area contributed by atoms with Crippen LogP contribution in [0.4, 0.5) is 0 Å². The Hall–Kier alpha value is -1.40. The number of carbonyl (C=O) groups is 1. The molecule has 1 aromatic heterocycles. The molecular formula is C16H26N4O2. The smallest absolute Gasteiger partial charge is 0.228 e. The lowest BCUT2D eigenvalue weighted by Crippen LogP contribution is -2.39. The second-order valence-electron chi connectivity index (χ2n) is 6.14. The van der Waals surface area contributed by atoms with E-state index in [1.807, 2.05) is 17.3 Å². The Kier molecular flexibility index (Phi) is 5.10. The van der Waals surface area contributed by atoms with Gasteiger partial charge in [0.15, 0.2) is 0 Å². The highest BCUT2D eigenvalue weighted by Crippen LogP contribution is 2.17. The molecule has 0 aliphatic carbocycles. The van der Waals surface area contributed by atoms with Crippen LogP contribution in [0, 0.1) is 5.92 Å². The first-order chi connectivity index (χ1) is 10.8. The Bertz CT molecular complexity index is 496. The van der Waals surface area contributed by atoms with Crippen molar-refractivity contribution in [2.75, 3.05) is 39.4 Å². The minimum Gasteiger partial charge on any atom is -0.381 e. The zero-order valence-corrected chi connectivity index (χ0v) is 13.4. The first-order valence-electron chi connectivity index (χ1n) is 8.37. The van der Waals surface area contributed by atoms with E-state index in [4.69, 9.17) is 4.74 Å². The van der Waals surface area contributed by atoms with Crippen LogP contribution in [0.15, 0.2) is 12.4 Å². The highest BCUT2D eigenvalue weighted by Gasteiger charge is 2.29. The summed E-state index contributed by atoms with van der Waals surface area (Å²) >= 11 is 0. The molecule has 6 nitrogen and oxygen atoms in total. The van der Waals surface area contributed by atoms with Gasteiger partial charge in [-0.25, -0.2) is 4.98 Å². The lowest BCUT2D eigenvalue weighted by molar-refractivity contribution is -0.135. The summed E-state index contributed by atoms with van der Waals surface area (Å²) in [5.74, 6) is 1.49. The number of carbonyl (C=O) groups excluding carboxylic acids is 1. The number of ether oxygens (including phenoxy) is 1.